The molecule has 0 saturated heterocycles. The third kappa shape index (κ3) is 11.0. The summed E-state index contributed by atoms with van der Waals surface area (Å²) >= 11 is 13.3. The predicted molar refractivity (Wildman–Crippen MR) is 444 cm³/mol. The van der Waals surface area contributed by atoms with E-state index in [4.69, 9.17) is 4.42 Å². The zero-order chi connectivity index (χ0) is 69.0. The summed E-state index contributed by atoms with van der Waals surface area (Å²) in [6, 6.07) is 87.4. The average Bonchev–Trinajstić information content (AvgIpc) is 1.60. The molecule has 0 aliphatic rings. The fourth-order valence-electron chi connectivity index (χ4n) is 14.8. The van der Waals surface area contributed by atoms with Crippen LogP contribution in [0.3, 0.4) is 0 Å². The summed E-state index contributed by atoms with van der Waals surface area (Å²) in [4.78, 5) is 1.01. The van der Waals surface area contributed by atoms with Crippen molar-refractivity contribution in [2.45, 2.75) is 27.7 Å². The summed E-state index contributed by atoms with van der Waals surface area (Å²) in [5.74, 6) is 0. The Bertz CT molecular complexity index is 6820. The van der Waals surface area contributed by atoms with E-state index in [1.807, 2.05) is 74.1 Å². The van der Waals surface area contributed by atoms with Crippen molar-refractivity contribution in [3.8, 4) is 56.2 Å². The number of nitrogens with zero attached hydrogens (tertiary/aromatic N) is 4. The highest BCUT2D eigenvalue weighted by Crippen LogP contribution is 2.50. The molecule has 12 aromatic heterocycles. The van der Waals surface area contributed by atoms with E-state index in [0.29, 0.717) is 0 Å². The number of pyridine rings is 4. The number of thiophene rings is 7. The van der Waals surface area contributed by atoms with Gasteiger partial charge in [-0.25, -0.2) is 18.3 Å². The van der Waals surface area contributed by atoms with E-state index in [1.54, 1.807) is 11.3 Å². The number of benzene rings is 9. The van der Waals surface area contributed by atoms with Crippen LogP contribution in [0.2, 0.25) is 0 Å². The van der Waals surface area contributed by atoms with E-state index in [1.165, 1.54) is 188 Å². The smallest absolute Gasteiger partial charge is 0.216 e. The molecule has 0 N–H and O–H groups in total. The number of hydrogen-bond donors (Lipinski definition) is 0. The monoisotopic (exact) mass is 1440 g/mol. The molecular formula is C90H68N4OS7+4. The minimum absolute atomic E-state index is 0.990. The number of rotatable bonds is 5. The third-order valence-electron chi connectivity index (χ3n) is 19.9. The van der Waals surface area contributed by atoms with Crippen molar-refractivity contribution >= 4 is 199 Å². The highest BCUT2D eigenvalue weighted by molar-refractivity contribution is 7.44. The maximum Gasteiger partial charge on any atom is 0.216 e. The zero-order valence-corrected chi connectivity index (χ0v) is 63.2. The molecule has 0 saturated carbocycles. The summed E-state index contributed by atoms with van der Waals surface area (Å²) in [6.45, 7) is 8.82. The molecule has 21 rings (SSSR count). The normalized spacial score (nSPS) is 11.7. The lowest BCUT2D eigenvalue weighted by Gasteiger charge is -2.08. The van der Waals surface area contributed by atoms with Gasteiger partial charge in [-0.15, -0.1) is 68.0 Å². The molecule has 102 heavy (non-hydrogen) atoms. The van der Waals surface area contributed by atoms with Gasteiger partial charge in [0.15, 0.2) is 35.3 Å². The molecule has 492 valence electrons. The van der Waals surface area contributed by atoms with Gasteiger partial charge in [-0.3, -0.25) is 0 Å². The average molecular weight is 1450 g/mol. The maximum atomic E-state index is 6.36. The van der Waals surface area contributed by atoms with Gasteiger partial charge in [-0.05, 0) is 128 Å². The third-order valence-corrected chi connectivity index (χ3v) is 28.5. The molecule has 0 spiro atoms. The number of aryl methyl sites for hydroxylation is 8. The molecule has 21 aromatic rings. The van der Waals surface area contributed by atoms with Crippen LogP contribution >= 0.6 is 79.4 Å². The van der Waals surface area contributed by atoms with Crippen LogP contribution < -0.4 is 18.3 Å². The molecule has 0 amide bonds. The Labute approximate surface area is 618 Å². The van der Waals surface area contributed by atoms with E-state index in [0.717, 1.165) is 10.5 Å². The first kappa shape index (κ1) is 64.0. The topological polar surface area (TPSA) is 28.7 Å². The van der Waals surface area contributed by atoms with Gasteiger partial charge < -0.3 is 4.42 Å². The molecule has 0 fully saturated rings. The van der Waals surface area contributed by atoms with Gasteiger partial charge in [0.2, 0.25) is 22.8 Å². The van der Waals surface area contributed by atoms with E-state index < -0.39 is 0 Å². The van der Waals surface area contributed by atoms with Crippen LogP contribution in [0.4, 0.5) is 0 Å². The molecule has 0 atom stereocenters. The number of furan rings is 1. The molecule has 12 heteroatoms. The lowest BCUT2D eigenvalue weighted by molar-refractivity contribution is -0.660. The fourth-order valence-corrected chi connectivity index (χ4v) is 24.0. The number of aromatic nitrogens is 4. The largest absolute Gasteiger partial charge is 0.444 e. The minimum atomic E-state index is 0.990. The molecule has 0 bridgehead atoms. The van der Waals surface area contributed by atoms with Crippen molar-refractivity contribution in [3.05, 3.63) is 290 Å². The van der Waals surface area contributed by atoms with Gasteiger partial charge in [0.25, 0.3) is 0 Å². The van der Waals surface area contributed by atoms with Crippen LogP contribution in [0, 0.1) is 27.7 Å². The second-order valence-electron chi connectivity index (χ2n) is 26.4. The molecule has 0 radical (unpaired) electrons. The Morgan fingerprint density at radius 1 is 0.265 bits per heavy atom. The van der Waals surface area contributed by atoms with Gasteiger partial charge in [0.1, 0.15) is 28.2 Å². The molecule has 5 nitrogen and oxygen atoms in total. The quantitative estimate of drug-likeness (QED) is 0.158. The highest BCUT2D eigenvalue weighted by Gasteiger charge is 2.25. The molecule has 0 aliphatic carbocycles. The van der Waals surface area contributed by atoms with E-state index in [9.17, 15) is 0 Å². The predicted octanol–water partition coefficient (Wildman–Crippen LogP) is 25.5. The van der Waals surface area contributed by atoms with Gasteiger partial charge in [0, 0.05) is 131 Å². The highest BCUT2D eigenvalue weighted by atomic mass is 32.2. The molecule has 9 aromatic carbocycles. The van der Waals surface area contributed by atoms with Crippen LogP contribution in [-0.4, -0.2) is 0 Å². The lowest BCUT2D eigenvalue weighted by Crippen LogP contribution is -2.30. The summed E-state index contributed by atoms with van der Waals surface area (Å²) in [7, 11) is 8.45. The van der Waals surface area contributed by atoms with Gasteiger partial charge >= 0.3 is 0 Å². The summed E-state index contributed by atoms with van der Waals surface area (Å²) in [5, 5.41) is 13.5. The maximum absolute atomic E-state index is 6.36. The van der Waals surface area contributed by atoms with Crippen molar-refractivity contribution in [2.24, 2.45) is 28.2 Å². The van der Waals surface area contributed by atoms with Crippen LogP contribution in [0.25, 0.3) is 176 Å². The SMILES string of the molecule is Cc1cc2c(cc1-c1cc(-c3ccccc3)cc[n+]1C)sc1sc3ccccc3c12.Cc1cc2c(cc1-c1cccc[n+]1C)sc1c3ccccc3sc21.Cc1ccc2c(oc3sc4ccccc4c32)c1-c1cccc[n+]1C.Cc1ccc2c(sc3c4ccccc4sc23)c1-c1cccc[n+]1C. The Balaban J connectivity index is 0.0000000979. The van der Waals surface area contributed by atoms with Crippen LogP contribution in [0.5, 0.6) is 0 Å². The second kappa shape index (κ2) is 26.0. The van der Waals surface area contributed by atoms with Crippen molar-refractivity contribution in [3.63, 3.8) is 0 Å². The van der Waals surface area contributed by atoms with Crippen LogP contribution in [0.15, 0.2) is 272 Å². The summed E-state index contributed by atoms with van der Waals surface area (Å²) in [5.41, 5.74) is 18.9. The van der Waals surface area contributed by atoms with E-state index in [2.05, 4.69) is 336 Å². The molecule has 0 aliphatic heterocycles. The Hall–Kier alpha value is -10.1. The first-order valence-electron chi connectivity index (χ1n) is 34.1. The van der Waals surface area contributed by atoms with E-state index >= 15 is 0 Å². The lowest BCUT2D eigenvalue weighted by atomic mass is 9.98. The van der Waals surface area contributed by atoms with E-state index in [-0.39, 0.29) is 0 Å². The van der Waals surface area contributed by atoms with Gasteiger partial charge in [-0.2, -0.15) is 0 Å². The van der Waals surface area contributed by atoms with Crippen molar-refractivity contribution in [2.75, 3.05) is 0 Å². The zero-order valence-electron chi connectivity index (χ0n) is 57.5. The Morgan fingerprint density at radius 2 is 0.716 bits per heavy atom. The van der Waals surface area contributed by atoms with Crippen molar-refractivity contribution in [1.29, 1.82) is 0 Å². The van der Waals surface area contributed by atoms with Crippen molar-refractivity contribution < 1.29 is 22.7 Å². The molecule has 0 unspecified atom stereocenters. The summed E-state index contributed by atoms with van der Waals surface area (Å²) in [6.07, 6.45) is 8.48. The second-order valence-corrected chi connectivity index (χ2v) is 34.0. The first-order chi connectivity index (χ1) is 49.9. The van der Waals surface area contributed by atoms with Gasteiger partial charge in [-0.1, -0.05) is 139 Å². The number of fused-ring (bicyclic) bond motifs is 20. The van der Waals surface area contributed by atoms with Crippen LogP contribution in [-0.2, 0) is 28.2 Å². The standard InChI is InChI=1S/C27H20NS2.C21H16NOS.2C21H16NS2/c1-17-14-22-25(30-27-26(22)20-10-6-7-11-24(20)29-27)16-21(17)23-15-19(12-13-28(23)2)18-8-4-3-5-9-18;1-13-10-11-15-19-14-7-3-4-9-17(14)24-21(19)23-20(15)18(13)16-8-5-6-12-22(16)2;1-13-10-11-15-19(18(13)16-8-5-6-12-22(16)2)24-20-14-7-3-4-9-17(14)23-21(15)20;1-13-11-16-19(12-15(13)17-8-5-6-10-22(17)2)24-20-14-7-3-4-9-18(14)23-21(16)20/h3-16H,1-2H3;3*3-12H,1-2H3/q4*+1. The minimum Gasteiger partial charge on any atom is -0.444 e. The first-order valence-corrected chi connectivity index (χ1v) is 39.9. The Kier molecular flexibility index (Phi) is 16.3. The van der Waals surface area contributed by atoms with Crippen LogP contribution in [0.1, 0.15) is 22.3 Å². The summed E-state index contributed by atoms with van der Waals surface area (Å²) < 4.78 is 31.9. The molecule has 12 heterocycles. The fraction of sp³-hybridized carbons (Fsp3) is 0.0889. The van der Waals surface area contributed by atoms with Crippen molar-refractivity contribution in [1.82, 2.24) is 0 Å². The number of hydrogen-bond acceptors (Lipinski definition) is 8. The van der Waals surface area contributed by atoms with Gasteiger partial charge in [0.05, 0.1) is 49.8 Å². The Morgan fingerprint density at radius 3 is 1.35 bits per heavy atom. The molecular weight excluding hydrogens is 1380 g/mol.